The van der Waals surface area contributed by atoms with E-state index in [0.29, 0.717) is 6.54 Å². The molecular weight excluding hydrogens is 152 g/mol. The van der Waals surface area contributed by atoms with Crippen molar-refractivity contribution in [3.63, 3.8) is 0 Å². The Bertz CT molecular complexity index is 258. The van der Waals surface area contributed by atoms with E-state index < -0.39 is 0 Å². The molecule has 0 saturated carbocycles. The van der Waals surface area contributed by atoms with Crippen LogP contribution >= 0.6 is 0 Å². The van der Waals surface area contributed by atoms with Crippen molar-refractivity contribution in [1.82, 2.24) is 9.88 Å². The average molecular weight is 164 g/mol. The van der Waals surface area contributed by atoms with Gasteiger partial charge in [0.25, 0.3) is 0 Å². The van der Waals surface area contributed by atoms with E-state index in [1.165, 1.54) is 0 Å². The molecule has 1 heterocycles. The molecular formula is C9H12N2O. The highest BCUT2D eigenvalue weighted by Crippen LogP contribution is 2.00. The second kappa shape index (κ2) is 3.85. The predicted octanol–water partition coefficient (Wildman–Crippen LogP) is 1.06. The first-order valence-electron chi connectivity index (χ1n) is 3.81. The van der Waals surface area contributed by atoms with Gasteiger partial charge in [-0.15, -0.1) is 0 Å². The summed E-state index contributed by atoms with van der Waals surface area (Å²) in [4.78, 5) is 16.4. The zero-order valence-electron chi connectivity index (χ0n) is 7.32. The summed E-state index contributed by atoms with van der Waals surface area (Å²) in [6, 6.07) is 3.80. The van der Waals surface area contributed by atoms with Crippen LogP contribution in [0.4, 0.5) is 0 Å². The zero-order valence-corrected chi connectivity index (χ0v) is 7.32. The van der Waals surface area contributed by atoms with Crippen molar-refractivity contribution < 1.29 is 4.79 Å². The Hall–Kier alpha value is -1.38. The van der Waals surface area contributed by atoms with Gasteiger partial charge in [-0.05, 0) is 17.7 Å². The van der Waals surface area contributed by atoms with E-state index in [-0.39, 0.29) is 5.91 Å². The molecule has 0 aliphatic carbocycles. The molecule has 12 heavy (non-hydrogen) atoms. The maximum atomic E-state index is 10.9. The lowest BCUT2D eigenvalue weighted by Gasteiger charge is -2.13. The van der Waals surface area contributed by atoms with Crippen molar-refractivity contribution in [2.75, 3.05) is 7.05 Å². The fourth-order valence-electron chi connectivity index (χ4n) is 0.873. The minimum atomic E-state index is 0.0758. The standard InChI is InChI=1S/C9H12N2O/c1-8(12)11(2)7-9-3-5-10-6-4-9/h3-6H,7H2,1-2H3. The summed E-state index contributed by atoms with van der Waals surface area (Å²) in [5, 5.41) is 0. The van der Waals surface area contributed by atoms with Gasteiger partial charge in [0.1, 0.15) is 0 Å². The summed E-state index contributed by atoms with van der Waals surface area (Å²) < 4.78 is 0. The Kier molecular flexibility index (Phi) is 2.80. The van der Waals surface area contributed by atoms with Gasteiger partial charge >= 0.3 is 0 Å². The van der Waals surface area contributed by atoms with Crippen LogP contribution < -0.4 is 0 Å². The first kappa shape index (κ1) is 8.71. The van der Waals surface area contributed by atoms with Crippen molar-refractivity contribution in [3.8, 4) is 0 Å². The van der Waals surface area contributed by atoms with Crippen LogP contribution in [0.1, 0.15) is 12.5 Å². The predicted molar refractivity (Wildman–Crippen MR) is 46.4 cm³/mol. The molecule has 3 heteroatoms. The summed E-state index contributed by atoms with van der Waals surface area (Å²) >= 11 is 0. The lowest BCUT2D eigenvalue weighted by molar-refractivity contribution is -0.128. The second-order valence-electron chi connectivity index (χ2n) is 2.73. The number of rotatable bonds is 2. The highest BCUT2D eigenvalue weighted by Gasteiger charge is 2.01. The molecule has 1 aromatic heterocycles. The zero-order chi connectivity index (χ0) is 8.97. The van der Waals surface area contributed by atoms with Crippen molar-refractivity contribution in [3.05, 3.63) is 30.1 Å². The number of carbonyl (C=O) groups excluding carboxylic acids is 1. The van der Waals surface area contributed by atoms with Gasteiger partial charge in [0, 0.05) is 32.9 Å². The van der Waals surface area contributed by atoms with Crippen LogP contribution in [-0.2, 0) is 11.3 Å². The molecule has 0 bridgehead atoms. The molecule has 0 fully saturated rings. The minimum absolute atomic E-state index is 0.0758. The third-order valence-electron chi connectivity index (χ3n) is 1.71. The van der Waals surface area contributed by atoms with Gasteiger partial charge in [-0.1, -0.05) is 0 Å². The Morgan fingerprint density at radius 2 is 2.08 bits per heavy atom. The number of nitrogens with zero attached hydrogens (tertiary/aromatic N) is 2. The van der Waals surface area contributed by atoms with E-state index >= 15 is 0 Å². The van der Waals surface area contributed by atoms with Crippen molar-refractivity contribution >= 4 is 5.91 Å². The maximum Gasteiger partial charge on any atom is 0.219 e. The number of aromatic nitrogens is 1. The Balaban J connectivity index is 2.58. The largest absolute Gasteiger partial charge is 0.342 e. The number of amides is 1. The van der Waals surface area contributed by atoms with E-state index in [0.717, 1.165) is 5.56 Å². The van der Waals surface area contributed by atoms with Crippen LogP contribution in [0, 0.1) is 0 Å². The quantitative estimate of drug-likeness (QED) is 0.654. The lowest BCUT2D eigenvalue weighted by atomic mass is 10.2. The topological polar surface area (TPSA) is 33.2 Å². The fourth-order valence-corrected chi connectivity index (χ4v) is 0.873. The highest BCUT2D eigenvalue weighted by molar-refractivity contribution is 5.72. The maximum absolute atomic E-state index is 10.9. The van der Waals surface area contributed by atoms with Crippen LogP contribution in [0.25, 0.3) is 0 Å². The first-order chi connectivity index (χ1) is 5.70. The Morgan fingerprint density at radius 1 is 1.50 bits per heavy atom. The molecule has 3 nitrogen and oxygen atoms in total. The van der Waals surface area contributed by atoms with E-state index in [1.807, 2.05) is 12.1 Å². The van der Waals surface area contributed by atoms with Gasteiger partial charge < -0.3 is 4.90 Å². The van der Waals surface area contributed by atoms with Gasteiger partial charge in [0.15, 0.2) is 0 Å². The van der Waals surface area contributed by atoms with Crippen LogP contribution in [-0.4, -0.2) is 22.8 Å². The highest BCUT2D eigenvalue weighted by atomic mass is 16.2. The SMILES string of the molecule is CC(=O)N(C)Cc1ccncc1. The van der Waals surface area contributed by atoms with E-state index in [9.17, 15) is 4.79 Å². The molecule has 0 aliphatic heterocycles. The lowest BCUT2D eigenvalue weighted by Crippen LogP contribution is -2.22. The van der Waals surface area contributed by atoms with Crippen molar-refractivity contribution in [2.24, 2.45) is 0 Å². The minimum Gasteiger partial charge on any atom is -0.342 e. The average Bonchev–Trinajstić information content (AvgIpc) is 2.06. The summed E-state index contributed by atoms with van der Waals surface area (Å²) in [7, 11) is 1.78. The Labute approximate surface area is 72.0 Å². The number of carbonyl (C=O) groups is 1. The van der Waals surface area contributed by atoms with Gasteiger partial charge in [-0.25, -0.2) is 0 Å². The molecule has 1 amide bonds. The van der Waals surface area contributed by atoms with Crippen LogP contribution in [0.15, 0.2) is 24.5 Å². The molecule has 0 N–H and O–H groups in total. The molecule has 0 aromatic carbocycles. The van der Waals surface area contributed by atoms with E-state index in [4.69, 9.17) is 0 Å². The number of hydrogen-bond donors (Lipinski definition) is 0. The van der Waals surface area contributed by atoms with Gasteiger partial charge in [-0.3, -0.25) is 9.78 Å². The first-order valence-corrected chi connectivity index (χ1v) is 3.81. The summed E-state index contributed by atoms with van der Waals surface area (Å²) in [6.07, 6.45) is 3.45. The fraction of sp³-hybridized carbons (Fsp3) is 0.333. The normalized spacial score (nSPS) is 9.50. The van der Waals surface area contributed by atoms with Crippen molar-refractivity contribution in [1.29, 1.82) is 0 Å². The third-order valence-corrected chi connectivity index (χ3v) is 1.71. The van der Waals surface area contributed by atoms with Crippen LogP contribution in [0.5, 0.6) is 0 Å². The number of hydrogen-bond acceptors (Lipinski definition) is 2. The van der Waals surface area contributed by atoms with Crippen LogP contribution in [0.3, 0.4) is 0 Å². The van der Waals surface area contributed by atoms with Crippen molar-refractivity contribution in [2.45, 2.75) is 13.5 Å². The van der Waals surface area contributed by atoms with Gasteiger partial charge in [-0.2, -0.15) is 0 Å². The summed E-state index contributed by atoms with van der Waals surface area (Å²) in [5.74, 6) is 0.0758. The third kappa shape index (κ3) is 2.34. The molecule has 64 valence electrons. The van der Waals surface area contributed by atoms with Gasteiger partial charge in [0.05, 0.1) is 0 Å². The molecule has 0 radical (unpaired) electrons. The molecule has 1 rings (SSSR count). The van der Waals surface area contributed by atoms with E-state index in [2.05, 4.69) is 4.98 Å². The monoisotopic (exact) mass is 164 g/mol. The Morgan fingerprint density at radius 3 is 2.58 bits per heavy atom. The van der Waals surface area contributed by atoms with Gasteiger partial charge in [0.2, 0.25) is 5.91 Å². The molecule has 0 spiro atoms. The summed E-state index contributed by atoms with van der Waals surface area (Å²) in [5.41, 5.74) is 1.10. The summed E-state index contributed by atoms with van der Waals surface area (Å²) in [6.45, 7) is 2.21. The molecule has 0 saturated heterocycles. The van der Waals surface area contributed by atoms with E-state index in [1.54, 1.807) is 31.3 Å². The van der Waals surface area contributed by atoms with Crippen LogP contribution in [0.2, 0.25) is 0 Å². The molecule has 0 atom stereocenters. The number of pyridine rings is 1. The molecule has 0 aliphatic rings. The second-order valence-corrected chi connectivity index (χ2v) is 2.73. The molecule has 0 unspecified atom stereocenters. The smallest absolute Gasteiger partial charge is 0.219 e. The molecule has 1 aromatic rings.